The summed E-state index contributed by atoms with van der Waals surface area (Å²) in [6.45, 7) is 1.54. The second-order valence-electron chi connectivity index (χ2n) is 7.59. The van der Waals surface area contributed by atoms with E-state index in [2.05, 4.69) is 6.08 Å². The number of carbonyl (C=O) groups is 1. The van der Waals surface area contributed by atoms with Crippen molar-refractivity contribution in [2.45, 2.75) is 57.2 Å². The number of benzene rings is 1. The zero-order chi connectivity index (χ0) is 17.1. The molecule has 2 aliphatic heterocycles. The lowest BCUT2D eigenvalue weighted by atomic mass is 9.88. The Labute approximate surface area is 149 Å². The number of amides is 1. The van der Waals surface area contributed by atoms with E-state index in [1.807, 2.05) is 35.2 Å². The highest BCUT2D eigenvalue weighted by Gasteiger charge is 2.39. The Balaban J connectivity index is 1.39. The molecule has 4 rings (SSSR count). The van der Waals surface area contributed by atoms with Crippen LogP contribution >= 0.6 is 0 Å². The van der Waals surface area contributed by atoms with Crippen LogP contribution in [-0.4, -0.2) is 36.3 Å². The Kier molecular flexibility index (Phi) is 5.07. The van der Waals surface area contributed by atoms with Crippen LogP contribution < -0.4 is 0 Å². The van der Waals surface area contributed by atoms with Gasteiger partial charge in [-0.1, -0.05) is 67.7 Å². The summed E-state index contributed by atoms with van der Waals surface area (Å²) in [6.07, 6.45) is 9.71. The Morgan fingerprint density at radius 2 is 1.96 bits per heavy atom. The van der Waals surface area contributed by atoms with Crippen LogP contribution in [0.25, 0.3) is 0 Å². The lowest BCUT2D eigenvalue weighted by Crippen LogP contribution is -2.56. The summed E-state index contributed by atoms with van der Waals surface area (Å²) < 4.78 is 11.3. The lowest BCUT2D eigenvalue weighted by Gasteiger charge is -2.44. The van der Waals surface area contributed by atoms with Gasteiger partial charge in [0.2, 0.25) is 0 Å². The molecule has 2 bridgehead atoms. The minimum Gasteiger partial charge on any atom is -0.445 e. The zero-order valence-electron chi connectivity index (χ0n) is 14.7. The third-order valence-corrected chi connectivity index (χ3v) is 5.72. The molecule has 0 N–H and O–H groups in total. The first kappa shape index (κ1) is 16.6. The number of hydrogen-bond donors (Lipinski definition) is 0. The van der Waals surface area contributed by atoms with Gasteiger partial charge in [0.25, 0.3) is 0 Å². The molecule has 2 heterocycles. The van der Waals surface area contributed by atoms with Crippen molar-refractivity contribution in [3.8, 4) is 0 Å². The molecule has 1 saturated heterocycles. The van der Waals surface area contributed by atoms with Crippen LogP contribution in [0.4, 0.5) is 4.79 Å². The predicted octanol–water partition coefficient (Wildman–Crippen LogP) is 4.30. The number of nitrogens with zero attached hydrogens (tertiary/aromatic N) is 1. The summed E-state index contributed by atoms with van der Waals surface area (Å²) in [5.74, 6) is 0.851. The third kappa shape index (κ3) is 3.90. The molecule has 2 atom stereocenters. The quantitative estimate of drug-likeness (QED) is 0.766. The maximum absolute atomic E-state index is 12.7. The van der Waals surface area contributed by atoms with Crippen LogP contribution in [0.3, 0.4) is 0 Å². The van der Waals surface area contributed by atoms with Crippen LogP contribution in [0.2, 0.25) is 0 Å². The first-order chi connectivity index (χ1) is 12.3. The fourth-order valence-corrected chi connectivity index (χ4v) is 4.50. The van der Waals surface area contributed by atoms with Gasteiger partial charge in [-0.15, -0.1) is 0 Å². The van der Waals surface area contributed by atoms with E-state index in [-0.39, 0.29) is 18.2 Å². The van der Waals surface area contributed by atoms with Crippen LogP contribution in [0.15, 0.2) is 42.0 Å². The number of ether oxygens (including phenoxy) is 2. The van der Waals surface area contributed by atoms with Crippen LogP contribution in [0.1, 0.15) is 44.1 Å². The fraction of sp³-hybridized carbons (Fsp3) is 0.571. The molecule has 4 nitrogen and oxygen atoms in total. The summed E-state index contributed by atoms with van der Waals surface area (Å²) in [5.41, 5.74) is 2.55. The predicted molar refractivity (Wildman–Crippen MR) is 96.1 cm³/mol. The van der Waals surface area contributed by atoms with E-state index < -0.39 is 0 Å². The van der Waals surface area contributed by atoms with Crippen molar-refractivity contribution in [2.75, 3.05) is 13.2 Å². The molecule has 25 heavy (non-hydrogen) atoms. The molecule has 0 aromatic heterocycles. The zero-order valence-corrected chi connectivity index (χ0v) is 14.7. The third-order valence-electron chi connectivity index (χ3n) is 5.72. The highest BCUT2D eigenvalue weighted by molar-refractivity contribution is 5.69. The van der Waals surface area contributed by atoms with E-state index >= 15 is 0 Å². The molecule has 2 fully saturated rings. The molecule has 1 amide bonds. The minimum absolute atomic E-state index is 0.0344. The van der Waals surface area contributed by atoms with Crippen molar-refractivity contribution in [2.24, 2.45) is 5.92 Å². The van der Waals surface area contributed by atoms with Gasteiger partial charge < -0.3 is 9.47 Å². The monoisotopic (exact) mass is 341 g/mol. The van der Waals surface area contributed by atoms with Gasteiger partial charge in [-0.05, 0) is 24.3 Å². The highest BCUT2D eigenvalue weighted by atomic mass is 16.6. The molecule has 1 aromatic carbocycles. The molecule has 1 saturated carbocycles. The van der Waals surface area contributed by atoms with Gasteiger partial charge in [0, 0.05) is 0 Å². The largest absolute Gasteiger partial charge is 0.445 e. The van der Waals surface area contributed by atoms with E-state index in [1.165, 1.54) is 37.7 Å². The van der Waals surface area contributed by atoms with E-state index in [9.17, 15) is 4.79 Å². The maximum Gasteiger partial charge on any atom is 0.411 e. The number of carbonyl (C=O) groups excluding carboxylic acids is 1. The summed E-state index contributed by atoms with van der Waals surface area (Å²) >= 11 is 0. The van der Waals surface area contributed by atoms with E-state index in [1.54, 1.807) is 0 Å². The smallest absolute Gasteiger partial charge is 0.411 e. The van der Waals surface area contributed by atoms with Gasteiger partial charge >= 0.3 is 6.09 Å². The molecular formula is C21H27NO3. The lowest BCUT2D eigenvalue weighted by molar-refractivity contribution is -0.0377. The average Bonchev–Trinajstić information content (AvgIpc) is 3.13. The van der Waals surface area contributed by atoms with Gasteiger partial charge in [-0.25, -0.2) is 4.79 Å². The number of hydrogen-bond acceptors (Lipinski definition) is 3. The van der Waals surface area contributed by atoms with Gasteiger partial charge in [0.15, 0.2) is 0 Å². The van der Waals surface area contributed by atoms with Crippen LogP contribution in [-0.2, 0) is 16.1 Å². The standard InChI is InChI=1S/C21H27NO3/c23-21(25-13-17-8-2-1-3-9-17)22-19-11-18(10-16-6-4-5-7-16)12-20(22)15-24-14-19/h1-3,8-9,11,16,19-20H,4-7,10,12-15H2. The minimum atomic E-state index is -0.210. The van der Waals surface area contributed by atoms with E-state index in [0.29, 0.717) is 19.8 Å². The van der Waals surface area contributed by atoms with Crippen LogP contribution in [0.5, 0.6) is 0 Å². The topological polar surface area (TPSA) is 38.8 Å². The van der Waals surface area contributed by atoms with Crippen molar-refractivity contribution >= 4 is 6.09 Å². The summed E-state index contributed by atoms with van der Waals surface area (Å²) in [7, 11) is 0. The summed E-state index contributed by atoms with van der Waals surface area (Å²) in [4.78, 5) is 14.6. The Morgan fingerprint density at radius 1 is 1.16 bits per heavy atom. The molecule has 3 aliphatic rings. The van der Waals surface area contributed by atoms with Gasteiger partial charge in [-0.2, -0.15) is 0 Å². The molecule has 4 heteroatoms. The normalized spacial score (nSPS) is 26.4. The molecule has 0 spiro atoms. The second-order valence-corrected chi connectivity index (χ2v) is 7.59. The Hall–Kier alpha value is -1.81. The molecule has 1 aromatic rings. The summed E-state index contributed by atoms with van der Waals surface area (Å²) in [5, 5.41) is 0. The molecule has 0 radical (unpaired) electrons. The SMILES string of the molecule is O=C(OCc1ccccc1)N1C2C=C(CC3CCCC3)CC1COC2. The molecule has 2 unspecified atom stereocenters. The molecule has 1 aliphatic carbocycles. The first-order valence-electron chi connectivity index (χ1n) is 9.56. The number of morpholine rings is 1. The van der Waals surface area contributed by atoms with E-state index in [0.717, 1.165) is 17.9 Å². The number of rotatable bonds is 4. The van der Waals surface area contributed by atoms with Crippen LogP contribution in [0, 0.1) is 5.92 Å². The second kappa shape index (κ2) is 7.61. The van der Waals surface area contributed by atoms with Crippen molar-refractivity contribution in [1.82, 2.24) is 4.90 Å². The average molecular weight is 341 g/mol. The van der Waals surface area contributed by atoms with Gasteiger partial charge in [-0.3, -0.25) is 4.90 Å². The van der Waals surface area contributed by atoms with Gasteiger partial charge in [0.05, 0.1) is 25.3 Å². The van der Waals surface area contributed by atoms with Crippen molar-refractivity contribution < 1.29 is 14.3 Å². The number of fused-ring (bicyclic) bond motifs is 2. The van der Waals surface area contributed by atoms with Gasteiger partial charge in [0.1, 0.15) is 6.61 Å². The van der Waals surface area contributed by atoms with E-state index in [4.69, 9.17) is 9.47 Å². The van der Waals surface area contributed by atoms with Crippen molar-refractivity contribution in [3.63, 3.8) is 0 Å². The molecular weight excluding hydrogens is 314 g/mol. The van der Waals surface area contributed by atoms with Crippen molar-refractivity contribution in [1.29, 1.82) is 0 Å². The Morgan fingerprint density at radius 3 is 2.72 bits per heavy atom. The fourth-order valence-electron chi connectivity index (χ4n) is 4.50. The Bertz CT molecular complexity index is 621. The molecule has 134 valence electrons. The highest BCUT2D eigenvalue weighted by Crippen LogP contribution is 2.35. The van der Waals surface area contributed by atoms with Crippen molar-refractivity contribution in [3.05, 3.63) is 47.5 Å². The summed E-state index contributed by atoms with van der Waals surface area (Å²) in [6, 6.07) is 10.0. The maximum atomic E-state index is 12.7. The first-order valence-corrected chi connectivity index (χ1v) is 9.56.